The zero-order chi connectivity index (χ0) is 13.0. The molecule has 2 aromatic heterocycles. The van der Waals surface area contributed by atoms with Gasteiger partial charge in [0.15, 0.2) is 5.65 Å². The topological polar surface area (TPSA) is 85.1 Å². The molecule has 1 unspecified atom stereocenters. The van der Waals surface area contributed by atoms with Gasteiger partial charge in [0, 0.05) is 20.8 Å². The normalized spacial score (nSPS) is 12.8. The van der Waals surface area contributed by atoms with Gasteiger partial charge < -0.3 is 15.2 Å². The Morgan fingerprint density at radius 1 is 1.50 bits per heavy atom. The van der Waals surface area contributed by atoms with E-state index in [-0.39, 0.29) is 12.6 Å². The summed E-state index contributed by atoms with van der Waals surface area (Å²) in [6.07, 6.45) is 3.90. The van der Waals surface area contributed by atoms with E-state index in [0.717, 1.165) is 11.0 Å². The summed E-state index contributed by atoms with van der Waals surface area (Å²) in [6.45, 7) is 0.606. The number of rotatable bonds is 6. The third-order valence-electron chi connectivity index (χ3n) is 2.76. The van der Waals surface area contributed by atoms with Gasteiger partial charge in [0.1, 0.15) is 12.1 Å². The lowest BCUT2D eigenvalue weighted by Crippen LogP contribution is -2.26. The Kier molecular flexibility index (Phi) is 4.06. The molecule has 0 bridgehead atoms. The van der Waals surface area contributed by atoms with Gasteiger partial charge in [-0.3, -0.25) is 4.68 Å². The number of hydrogen-bond donors (Lipinski definition) is 2. The summed E-state index contributed by atoms with van der Waals surface area (Å²) in [5.41, 5.74) is 0.760. The Morgan fingerprint density at radius 2 is 2.33 bits per heavy atom. The molecular weight excluding hydrogens is 234 g/mol. The number of aryl methyl sites for hydroxylation is 1. The molecule has 7 nitrogen and oxygen atoms in total. The first-order chi connectivity index (χ1) is 8.76. The van der Waals surface area contributed by atoms with Gasteiger partial charge in [0.25, 0.3) is 0 Å². The number of fused-ring (bicyclic) bond motifs is 1. The van der Waals surface area contributed by atoms with Crippen molar-refractivity contribution >= 4 is 16.9 Å². The fraction of sp³-hybridized carbons (Fsp3) is 0.545. The number of nitrogens with zero attached hydrogens (tertiary/aromatic N) is 4. The van der Waals surface area contributed by atoms with Crippen LogP contribution in [0.5, 0.6) is 0 Å². The predicted octanol–water partition coefficient (Wildman–Crippen LogP) is 0.173. The minimum absolute atomic E-state index is 0.0229. The summed E-state index contributed by atoms with van der Waals surface area (Å²) in [5, 5.41) is 17.5. The Labute approximate surface area is 105 Å². The molecule has 0 aliphatic rings. The van der Waals surface area contributed by atoms with Crippen LogP contribution in [0, 0.1) is 0 Å². The van der Waals surface area contributed by atoms with Gasteiger partial charge in [-0.05, 0) is 6.42 Å². The predicted molar refractivity (Wildman–Crippen MR) is 67.3 cm³/mol. The summed E-state index contributed by atoms with van der Waals surface area (Å²) in [5.74, 6) is 0.684. The van der Waals surface area contributed by atoms with Crippen molar-refractivity contribution in [3.8, 4) is 0 Å². The first-order valence-electron chi connectivity index (χ1n) is 5.75. The van der Waals surface area contributed by atoms with E-state index in [1.807, 2.05) is 7.05 Å². The second-order valence-corrected chi connectivity index (χ2v) is 4.03. The molecule has 0 saturated carbocycles. The molecule has 98 valence electrons. The second kappa shape index (κ2) is 5.74. The van der Waals surface area contributed by atoms with Crippen molar-refractivity contribution in [1.29, 1.82) is 0 Å². The molecule has 2 heterocycles. The van der Waals surface area contributed by atoms with Crippen molar-refractivity contribution in [1.82, 2.24) is 19.7 Å². The SMILES string of the molecule is COCCC(CO)Nc1ncnc2c1cnn2C. The van der Waals surface area contributed by atoms with E-state index in [2.05, 4.69) is 20.4 Å². The maximum Gasteiger partial charge on any atom is 0.163 e. The van der Waals surface area contributed by atoms with Crippen LogP contribution < -0.4 is 5.32 Å². The van der Waals surface area contributed by atoms with Crippen LogP contribution in [0.3, 0.4) is 0 Å². The maximum atomic E-state index is 9.31. The molecular formula is C11H17N5O2. The lowest BCUT2D eigenvalue weighted by Gasteiger charge is -2.16. The van der Waals surface area contributed by atoms with Crippen LogP contribution in [0.2, 0.25) is 0 Å². The van der Waals surface area contributed by atoms with Crippen molar-refractivity contribution < 1.29 is 9.84 Å². The molecule has 2 rings (SSSR count). The van der Waals surface area contributed by atoms with Gasteiger partial charge in [0.2, 0.25) is 0 Å². The van der Waals surface area contributed by atoms with Gasteiger partial charge >= 0.3 is 0 Å². The number of aliphatic hydroxyl groups excluding tert-OH is 1. The Morgan fingerprint density at radius 3 is 3.06 bits per heavy atom. The number of nitrogens with one attached hydrogen (secondary N) is 1. The molecule has 7 heteroatoms. The van der Waals surface area contributed by atoms with E-state index in [4.69, 9.17) is 4.74 Å². The number of methoxy groups -OCH3 is 1. The van der Waals surface area contributed by atoms with E-state index < -0.39 is 0 Å². The van der Waals surface area contributed by atoms with Crippen LogP contribution in [-0.4, -0.2) is 51.2 Å². The number of ether oxygens (including phenoxy) is 1. The quantitative estimate of drug-likeness (QED) is 0.761. The molecule has 0 aliphatic carbocycles. The summed E-state index contributed by atoms with van der Waals surface area (Å²) >= 11 is 0. The van der Waals surface area contributed by atoms with E-state index in [1.165, 1.54) is 6.33 Å². The van der Waals surface area contributed by atoms with Gasteiger partial charge in [-0.2, -0.15) is 5.10 Å². The van der Waals surface area contributed by atoms with E-state index in [0.29, 0.717) is 18.8 Å². The molecule has 2 N–H and O–H groups in total. The lowest BCUT2D eigenvalue weighted by molar-refractivity contribution is 0.174. The molecule has 0 aliphatic heterocycles. The summed E-state index contributed by atoms with van der Waals surface area (Å²) < 4.78 is 6.69. The molecule has 2 aromatic rings. The van der Waals surface area contributed by atoms with Crippen molar-refractivity contribution in [2.45, 2.75) is 12.5 Å². The Bertz CT molecular complexity index is 513. The first-order valence-corrected chi connectivity index (χ1v) is 5.75. The van der Waals surface area contributed by atoms with E-state index in [9.17, 15) is 5.11 Å². The maximum absolute atomic E-state index is 9.31. The smallest absolute Gasteiger partial charge is 0.163 e. The monoisotopic (exact) mass is 251 g/mol. The highest BCUT2D eigenvalue weighted by molar-refractivity contribution is 5.86. The van der Waals surface area contributed by atoms with Gasteiger partial charge in [-0.25, -0.2) is 9.97 Å². The first kappa shape index (κ1) is 12.7. The standard InChI is InChI=1S/C11H17N5O2/c1-16-11-9(5-14-16)10(12-7-13-11)15-8(6-17)3-4-18-2/h5,7-8,17H,3-4,6H2,1-2H3,(H,12,13,15). The van der Waals surface area contributed by atoms with Crippen molar-refractivity contribution in [3.05, 3.63) is 12.5 Å². The zero-order valence-electron chi connectivity index (χ0n) is 10.5. The number of aromatic nitrogens is 4. The van der Waals surface area contributed by atoms with E-state index in [1.54, 1.807) is 18.0 Å². The van der Waals surface area contributed by atoms with Gasteiger partial charge in [-0.15, -0.1) is 0 Å². The minimum atomic E-state index is -0.0942. The molecule has 0 spiro atoms. The molecule has 0 radical (unpaired) electrons. The zero-order valence-corrected chi connectivity index (χ0v) is 10.5. The van der Waals surface area contributed by atoms with Crippen LogP contribution in [0.15, 0.2) is 12.5 Å². The number of hydrogen-bond acceptors (Lipinski definition) is 6. The Hall–Kier alpha value is -1.73. The molecule has 1 atom stereocenters. The van der Waals surface area contributed by atoms with Crippen molar-refractivity contribution in [2.75, 3.05) is 25.6 Å². The summed E-state index contributed by atoms with van der Waals surface area (Å²) in [6, 6.07) is -0.0942. The van der Waals surface area contributed by atoms with Crippen LogP contribution in [0.1, 0.15) is 6.42 Å². The molecule has 18 heavy (non-hydrogen) atoms. The third kappa shape index (κ3) is 2.57. The highest BCUT2D eigenvalue weighted by atomic mass is 16.5. The highest BCUT2D eigenvalue weighted by Crippen LogP contribution is 2.18. The van der Waals surface area contributed by atoms with Crippen molar-refractivity contribution in [3.63, 3.8) is 0 Å². The van der Waals surface area contributed by atoms with E-state index >= 15 is 0 Å². The lowest BCUT2D eigenvalue weighted by atomic mass is 10.2. The van der Waals surface area contributed by atoms with Crippen LogP contribution in [0.4, 0.5) is 5.82 Å². The number of aliphatic hydroxyl groups is 1. The van der Waals surface area contributed by atoms with Crippen LogP contribution in [-0.2, 0) is 11.8 Å². The largest absolute Gasteiger partial charge is 0.394 e. The van der Waals surface area contributed by atoms with Gasteiger partial charge in [-0.1, -0.05) is 0 Å². The third-order valence-corrected chi connectivity index (χ3v) is 2.76. The highest BCUT2D eigenvalue weighted by Gasteiger charge is 2.12. The fourth-order valence-electron chi connectivity index (χ4n) is 1.74. The van der Waals surface area contributed by atoms with Crippen molar-refractivity contribution in [2.24, 2.45) is 7.05 Å². The summed E-state index contributed by atoms with van der Waals surface area (Å²) in [4.78, 5) is 8.35. The molecule has 0 aromatic carbocycles. The number of anilines is 1. The van der Waals surface area contributed by atoms with Gasteiger partial charge in [0.05, 0.1) is 24.2 Å². The second-order valence-electron chi connectivity index (χ2n) is 4.03. The fourth-order valence-corrected chi connectivity index (χ4v) is 1.74. The van der Waals surface area contributed by atoms with Crippen LogP contribution >= 0.6 is 0 Å². The average Bonchev–Trinajstić information content (AvgIpc) is 2.77. The molecule has 0 amide bonds. The summed E-state index contributed by atoms with van der Waals surface area (Å²) in [7, 11) is 3.46. The average molecular weight is 251 g/mol. The molecule has 0 fully saturated rings. The van der Waals surface area contributed by atoms with Crippen LogP contribution in [0.25, 0.3) is 11.0 Å². The Balaban J connectivity index is 2.20. The minimum Gasteiger partial charge on any atom is -0.394 e. The molecule has 0 saturated heterocycles.